The van der Waals surface area contributed by atoms with E-state index in [9.17, 15) is 14.4 Å². The van der Waals surface area contributed by atoms with Gasteiger partial charge in [-0.2, -0.15) is 0 Å². The van der Waals surface area contributed by atoms with Crippen LogP contribution in [0.15, 0.2) is 42.5 Å². The first-order valence-electron chi connectivity index (χ1n) is 7.97. The lowest BCUT2D eigenvalue weighted by Crippen LogP contribution is -2.24. The summed E-state index contributed by atoms with van der Waals surface area (Å²) in [5, 5.41) is 0.335. The number of hydrogen-bond acceptors (Lipinski definition) is 4. The molecule has 0 aliphatic heterocycles. The SMILES string of the molecule is CONC(=O)c1ccc(Cl)cc1C(=O)c1ccc(C(=O)C(C)(C)C)cc1. The summed E-state index contributed by atoms with van der Waals surface area (Å²) in [6.07, 6.45) is 0. The standard InChI is InChI=1S/C20H20ClNO4/c1-20(2,3)18(24)13-7-5-12(6-8-13)17(23)16-11-14(21)9-10-15(16)19(25)22-26-4/h5-11H,1-4H3,(H,22,25). The van der Waals surface area contributed by atoms with Crippen molar-refractivity contribution in [2.24, 2.45) is 5.41 Å². The van der Waals surface area contributed by atoms with Gasteiger partial charge in [0.15, 0.2) is 11.6 Å². The van der Waals surface area contributed by atoms with Gasteiger partial charge in [0.2, 0.25) is 0 Å². The molecular weight excluding hydrogens is 354 g/mol. The molecule has 136 valence electrons. The van der Waals surface area contributed by atoms with Gasteiger partial charge >= 0.3 is 0 Å². The molecule has 0 atom stereocenters. The van der Waals surface area contributed by atoms with Crippen LogP contribution in [0.1, 0.15) is 57.4 Å². The number of nitrogens with one attached hydrogen (secondary N) is 1. The van der Waals surface area contributed by atoms with Crippen molar-refractivity contribution < 1.29 is 19.2 Å². The van der Waals surface area contributed by atoms with Crippen LogP contribution in [0.2, 0.25) is 5.02 Å². The quantitative estimate of drug-likeness (QED) is 0.632. The summed E-state index contributed by atoms with van der Waals surface area (Å²) in [6.45, 7) is 5.50. The van der Waals surface area contributed by atoms with Crippen LogP contribution < -0.4 is 5.48 Å². The number of rotatable bonds is 5. The summed E-state index contributed by atoms with van der Waals surface area (Å²) in [5.41, 5.74) is 2.86. The largest absolute Gasteiger partial charge is 0.294 e. The minimum Gasteiger partial charge on any atom is -0.294 e. The zero-order valence-corrected chi connectivity index (χ0v) is 15.8. The van der Waals surface area contributed by atoms with Crippen LogP contribution in [0.3, 0.4) is 0 Å². The molecule has 0 radical (unpaired) electrons. The molecule has 0 heterocycles. The summed E-state index contributed by atoms with van der Waals surface area (Å²) in [4.78, 5) is 41.9. The Morgan fingerprint density at radius 3 is 2.04 bits per heavy atom. The van der Waals surface area contributed by atoms with E-state index in [0.29, 0.717) is 16.1 Å². The number of carbonyl (C=O) groups is 3. The predicted molar refractivity (Wildman–Crippen MR) is 99.6 cm³/mol. The fraction of sp³-hybridized carbons (Fsp3) is 0.250. The molecule has 0 saturated heterocycles. The lowest BCUT2D eigenvalue weighted by atomic mass is 9.86. The van der Waals surface area contributed by atoms with Gasteiger partial charge in [0.1, 0.15) is 0 Å². The van der Waals surface area contributed by atoms with E-state index in [1.54, 1.807) is 24.3 Å². The molecule has 0 aromatic heterocycles. The fourth-order valence-electron chi connectivity index (χ4n) is 2.41. The molecule has 0 aliphatic rings. The van der Waals surface area contributed by atoms with Crippen LogP contribution in [-0.4, -0.2) is 24.6 Å². The average molecular weight is 374 g/mol. The average Bonchev–Trinajstić information content (AvgIpc) is 2.60. The Kier molecular flexibility index (Phi) is 5.95. The van der Waals surface area contributed by atoms with Crippen LogP contribution in [0.4, 0.5) is 0 Å². The van der Waals surface area contributed by atoms with Gasteiger partial charge in [-0.3, -0.25) is 19.2 Å². The third-order valence-electron chi connectivity index (χ3n) is 3.76. The molecule has 2 rings (SSSR count). The van der Waals surface area contributed by atoms with Crippen molar-refractivity contribution in [1.82, 2.24) is 5.48 Å². The highest BCUT2D eigenvalue weighted by Gasteiger charge is 2.24. The second-order valence-electron chi connectivity index (χ2n) is 6.81. The lowest BCUT2D eigenvalue weighted by Gasteiger charge is -2.16. The maximum Gasteiger partial charge on any atom is 0.275 e. The van der Waals surface area contributed by atoms with E-state index in [0.717, 1.165) is 0 Å². The Balaban J connectivity index is 2.39. The molecule has 1 N–H and O–H groups in total. The number of carbonyl (C=O) groups excluding carboxylic acids is 3. The van der Waals surface area contributed by atoms with E-state index in [1.807, 2.05) is 20.8 Å². The van der Waals surface area contributed by atoms with Crippen molar-refractivity contribution >= 4 is 29.1 Å². The first-order chi connectivity index (χ1) is 12.1. The molecule has 2 aromatic rings. The maximum atomic E-state index is 12.8. The molecule has 0 saturated carbocycles. The van der Waals surface area contributed by atoms with Gasteiger partial charge in [0.25, 0.3) is 5.91 Å². The summed E-state index contributed by atoms with van der Waals surface area (Å²) >= 11 is 5.99. The van der Waals surface area contributed by atoms with E-state index in [1.165, 1.54) is 25.3 Å². The number of Topliss-reactive ketones (excluding diaryl/α,β-unsaturated/α-hetero) is 1. The normalized spacial score (nSPS) is 11.1. The predicted octanol–water partition coefficient (Wildman–Crippen LogP) is 4.09. The second kappa shape index (κ2) is 7.81. The van der Waals surface area contributed by atoms with Crippen LogP contribution in [0.25, 0.3) is 0 Å². The molecule has 0 aliphatic carbocycles. The molecular formula is C20H20ClNO4. The summed E-state index contributed by atoms with van der Waals surface area (Å²) < 4.78 is 0. The fourth-order valence-corrected chi connectivity index (χ4v) is 2.58. The Morgan fingerprint density at radius 1 is 0.923 bits per heavy atom. The van der Waals surface area contributed by atoms with Crippen molar-refractivity contribution in [2.45, 2.75) is 20.8 Å². The highest BCUT2D eigenvalue weighted by atomic mass is 35.5. The number of ketones is 2. The maximum absolute atomic E-state index is 12.8. The highest BCUT2D eigenvalue weighted by molar-refractivity contribution is 6.31. The first kappa shape index (κ1) is 19.8. The van der Waals surface area contributed by atoms with Crippen LogP contribution >= 0.6 is 11.6 Å². The van der Waals surface area contributed by atoms with Gasteiger partial charge in [-0.1, -0.05) is 56.6 Å². The number of hydrogen-bond donors (Lipinski definition) is 1. The molecule has 0 fully saturated rings. The molecule has 26 heavy (non-hydrogen) atoms. The van der Waals surface area contributed by atoms with Gasteiger partial charge < -0.3 is 0 Å². The molecule has 0 bridgehead atoms. The highest BCUT2D eigenvalue weighted by Crippen LogP contribution is 2.23. The van der Waals surface area contributed by atoms with Gasteiger partial charge in [-0.25, -0.2) is 5.48 Å². The van der Waals surface area contributed by atoms with Crippen LogP contribution in [0, 0.1) is 5.41 Å². The van der Waals surface area contributed by atoms with E-state index in [-0.39, 0.29) is 22.7 Å². The number of hydroxylamine groups is 1. The Hall–Kier alpha value is -2.50. The van der Waals surface area contributed by atoms with E-state index >= 15 is 0 Å². The van der Waals surface area contributed by atoms with Gasteiger partial charge in [0, 0.05) is 27.1 Å². The number of benzene rings is 2. The topological polar surface area (TPSA) is 72.5 Å². The van der Waals surface area contributed by atoms with Crippen molar-refractivity contribution in [3.63, 3.8) is 0 Å². The third-order valence-corrected chi connectivity index (χ3v) is 3.99. The number of amides is 1. The smallest absolute Gasteiger partial charge is 0.275 e. The molecule has 0 unspecified atom stereocenters. The van der Waals surface area contributed by atoms with E-state index < -0.39 is 11.3 Å². The molecule has 0 spiro atoms. The zero-order chi connectivity index (χ0) is 19.5. The monoisotopic (exact) mass is 373 g/mol. The summed E-state index contributed by atoms with van der Waals surface area (Å²) in [7, 11) is 1.31. The molecule has 1 amide bonds. The Bertz CT molecular complexity index is 851. The lowest BCUT2D eigenvalue weighted by molar-refractivity contribution is 0.0535. The van der Waals surface area contributed by atoms with Crippen molar-refractivity contribution in [3.05, 3.63) is 69.7 Å². The summed E-state index contributed by atoms with van der Waals surface area (Å²) in [5.74, 6) is -0.935. The molecule has 5 nitrogen and oxygen atoms in total. The molecule has 2 aromatic carbocycles. The van der Waals surface area contributed by atoms with Gasteiger partial charge in [-0.05, 0) is 18.2 Å². The second-order valence-corrected chi connectivity index (χ2v) is 7.25. The summed E-state index contributed by atoms with van der Waals surface area (Å²) in [6, 6.07) is 10.8. The molecule has 6 heteroatoms. The minimum absolute atomic E-state index is 0.0144. The van der Waals surface area contributed by atoms with Gasteiger partial charge in [0.05, 0.1) is 12.7 Å². The Labute approximate surface area is 157 Å². The van der Waals surface area contributed by atoms with Crippen molar-refractivity contribution in [3.8, 4) is 0 Å². The minimum atomic E-state index is -0.549. The number of halogens is 1. The van der Waals surface area contributed by atoms with E-state index in [4.69, 9.17) is 11.6 Å². The Morgan fingerprint density at radius 2 is 1.50 bits per heavy atom. The first-order valence-corrected chi connectivity index (χ1v) is 8.35. The zero-order valence-electron chi connectivity index (χ0n) is 15.1. The third kappa shape index (κ3) is 4.36. The van der Waals surface area contributed by atoms with E-state index in [2.05, 4.69) is 10.3 Å². The van der Waals surface area contributed by atoms with Crippen molar-refractivity contribution in [1.29, 1.82) is 0 Å². The van der Waals surface area contributed by atoms with Crippen LogP contribution in [0.5, 0.6) is 0 Å². The van der Waals surface area contributed by atoms with Crippen molar-refractivity contribution in [2.75, 3.05) is 7.11 Å². The van der Waals surface area contributed by atoms with Gasteiger partial charge in [-0.15, -0.1) is 0 Å². The van der Waals surface area contributed by atoms with Crippen LogP contribution in [-0.2, 0) is 4.84 Å².